The van der Waals surface area contributed by atoms with E-state index < -0.39 is 4.92 Å². The zero-order chi connectivity index (χ0) is 15.2. The fourth-order valence-electron chi connectivity index (χ4n) is 1.94. The van der Waals surface area contributed by atoms with Gasteiger partial charge in [-0.25, -0.2) is 0 Å². The van der Waals surface area contributed by atoms with Crippen molar-refractivity contribution in [1.29, 1.82) is 5.26 Å². The van der Waals surface area contributed by atoms with Gasteiger partial charge in [0.15, 0.2) is 0 Å². The summed E-state index contributed by atoms with van der Waals surface area (Å²) in [5.74, 6) is 0. The average Bonchev–Trinajstić information content (AvgIpc) is 2.52. The van der Waals surface area contributed by atoms with Crippen LogP contribution in [0.2, 0.25) is 0 Å². The van der Waals surface area contributed by atoms with Crippen LogP contribution in [0, 0.1) is 21.4 Å². The van der Waals surface area contributed by atoms with Gasteiger partial charge in [-0.15, -0.1) is 0 Å². The molecule has 0 aliphatic carbocycles. The van der Waals surface area contributed by atoms with Crippen LogP contribution in [0.15, 0.2) is 48.5 Å². The minimum absolute atomic E-state index is 0.0748. The molecule has 1 unspecified atom stereocenters. The first-order valence-electron chi connectivity index (χ1n) is 6.34. The molecule has 0 saturated heterocycles. The van der Waals surface area contributed by atoms with Gasteiger partial charge >= 0.3 is 0 Å². The zero-order valence-corrected chi connectivity index (χ0v) is 11.2. The summed E-state index contributed by atoms with van der Waals surface area (Å²) in [7, 11) is 0. The Morgan fingerprint density at radius 3 is 2.62 bits per heavy atom. The molecule has 6 heteroatoms. The molecule has 0 amide bonds. The van der Waals surface area contributed by atoms with Crippen molar-refractivity contribution in [3.63, 3.8) is 0 Å². The molecule has 2 aromatic rings. The topological polar surface area (TPSA) is 105 Å². The normalized spacial score (nSPS) is 11.4. The highest BCUT2D eigenvalue weighted by Gasteiger charge is 2.15. The molecule has 0 spiro atoms. The van der Waals surface area contributed by atoms with Crippen LogP contribution in [0.4, 0.5) is 11.4 Å². The number of nitriles is 1. The summed E-state index contributed by atoms with van der Waals surface area (Å²) >= 11 is 0. The van der Waals surface area contributed by atoms with Gasteiger partial charge in [0.2, 0.25) is 0 Å². The summed E-state index contributed by atoms with van der Waals surface area (Å²) in [6.45, 7) is 0.333. The highest BCUT2D eigenvalue weighted by atomic mass is 16.6. The first-order valence-corrected chi connectivity index (χ1v) is 6.34. The summed E-state index contributed by atoms with van der Waals surface area (Å²) in [6, 6.07) is 15.3. The number of nitro groups is 1. The Kier molecular flexibility index (Phi) is 4.49. The number of rotatable bonds is 5. The molecule has 6 nitrogen and oxygen atoms in total. The Bertz CT molecular complexity index is 680. The van der Waals surface area contributed by atoms with Crippen molar-refractivity contribution in [2.75, 3.05) is 11.9 Å². The summed E-state index contributed by atoms with van der Waals surface area (Å²) in [4.78, 5) is 10.5. The van der Waals surface area contributed by atoms with Gasteiger partial charge in [0, 0.05) is 18.7 Å². The third-order valence-corrected chi connectivity index (χ3v) is 3.06. The largest absolute Gasteiger partial charge is 0.378 e. The fourth-order valence-corrected chi connectivity index (χ4v) is 1.94. The Labute approximate surface area is 122 Å². The number of hydrogen-bond acceptors (Lipinski definition) is 5. The second kappa shape index (κ2) is 6.50. The van der Waals surface area contributed by atoms with E-state index in [-0.39, 0.29) is 11.7 Å². The third kappa shape index (κ3) is 3.55. The standard InChI is InChI=1S/C15H14N4O2/c16-9-11-6-7-15(19(20)21)14(8-11)18-10-13(17)12-4-2-1-3-5-12/h1-8,13,18H,10,17H2. The Balaban J connectivity index is 2.16. The van der Waals surface area contributed by atoms with Crippen molar-refractivity contribution >= 4 is 11.4 Å². The van der Waals surface area contributed by atoms with Crippen LogP contribution in [0.1, 0.15) is 17.2 Å². The van der Waals surface area contributed by atoms with E-state index in [0.29, 0.717) is 17.8 Å². The molecular weight excluding hydrogens is 268 g/mol. The van der Waals surface area contributed by atoms with Crippen LogP contribution in [0.25, 0.3) is 0 Å². The molecule has 0 bridgehead atoms. The number of anilines is 1. The first-order chi connectivity index (χ1) is 10.1. The van der Waals surface area contributed by atoms with Gasteiger partial charge < -0.3 is 11.1 Å². The molecule has 21 heavy (non-hydrogen) atoms. The summed E-state index contributed by atoms with van der Waals surface area (Å²) < 4.78 is 0. The van der Waals surface area contributed by atoms with E-state index in [1.165, 1.54) is 18.2 Å². The van der Waals surface area contributed by atoms with Crippen molar-refractivity contribution < 1.29 is 4.92 Å². The van der Waals surface area contributed by atoms with E-state index in [0.717, 1.165) is 5.56 Å². The monoisotopic (exact) mass is 282 g/mol. The van der Waals surface area contributed by atoms with Crippen LogP contribution >= 0.6 is 0 Å². The van der Waals surface area contributed by atoms with Gasteiger partial charge in [0.25, 0.3) is 5.69 Å². The van der Waals surface area contributed by atoms with E-state index in [1.807, 2.05) is 36.4 Å². The number of nitrogens with one attached hydrogen (secondary N) is 1. The third-order valence-electron chi connectivity index (χ3n) is 3.06. The van der Waals surface area contributed by atoms with E-state index in [9.17, 15) is 10.1 Å². The molecule has 0 aromatic heterocycles. The number of nitro benzene ring substituents is 1. The number of hydrogen-bond donors (Lipinski definition) is 2. The number of benzene rings is 2. The predicted octanol–water partition coefficient (Wildman–Crippen LogP) is 2.58. The van der Waals surface area contributed by atoms with Gasteiger partial charge in [-0.05, 0) is 17.7 Å². The summed E-state index contributed by atoms with van der Waals surface area (Å²) in [6.07, 6.45) is 0. The number of nitrogens with zero attached hydrogens (tertiary/aromatic N) is 2. The molecule has 2 rings (SSSR count). The minimum Gasteiger partial charge on any atom is -0.378 e. The molecule has 0 aliphatic heterocycles. The molecule has 0 radical (unpaired) electrons. The lowest BCUT2D eigenvalue weighted by Gasteiger charge is -2.14. The second-order valence-corrected chi connectivity index (χ2v) is 4.50. The predicted molar refractivity (Wildman–Crippen MR) is 79.7 cm³/mol. The van der Waals surface area contributed by atoms with E-state index in [1.54, 1.807) is 0 Å². The van der Waals surface area contributed by atoms with Crippen LogP contribution in [-0.4, -0.2) is 11.5 Å². The van der Waals surface area contributed by atoms with Gasteiger partial charge in [-0.1, -0.05) is 30.3 Å². The minimum atomic E-state index is -0.489. The molecule has 1 atom stereocenters. The van der Waals surface area contributed by atoms with Crippen molar-refractivity contribution in [3.05, 3.63) is 69.8 Å². The smallest absolute Gasteiger partial charge is 0.292 e. The zero-order valence-electron chi connectivity index (χ0n) is 11.2. The van der Waals surface area contributed by atoms with Gasteiger partial charge in [0.1, 0.15) is 5.69 Å². The molecule has 0 saturated carbocycles. The second-order valence-electron chi connectivity index (χ2n) is 4.50. The first kappa shape index (κ1) is 14.5. The van der Waals surface area contributed by atoms with Gasteiger partial charge in [-0.2, -0.15) is 5.26 Å². The van der Waals surface area contributed by atoms with Crippen LogP contribution in [-0.2, 0) is 0 Å². The SMILES string of the molecule is N#Cc1ccc([N+](=O)[O-])c(NCC(N)c2ccccc2)c1. The van der Waals surface area contributed by atoms with Gasteiger partial charge in [-0.3, -0.25) is 10.1 Å². The van der Waals surface area contributed by atoms with Crippen LogP contribution in [0.5, 0.6) is 0 Å². The maximum absolute atomic E-state index is 11.0. The lowest BCUT2D eigenvalue weighted by Crippen LogP contribution is -2.20. The maximum atomic E-state index is 11.0. The molecule has 106 valence electrons. The molecule has 3 N–H and O–H groups in total. The van der Waals surface area contributed by atoms with E-state index in [4.69, 9.17) is 11.0 Å². The fraction of sp³-hybridized carbons (Fsp3) is 0.133. The quantitative estimate of drug-likeness (QED) is 0.647. The highest BCUT2D eigenvalue weighted by Crippen LogP contribution is 2.25. The molecule has 0 aliphatic rings. The number of nitrogens with two attached hydrogens (primary N) is 1. The van der Waals surface area contributed by atoms with Crippen LogP contribution < -0.4 is 11.1 Å². The van der Waals surface area contributed by atoms with Crippen molar-refractivity contribution in [2.24, 2.45) is 5.73 Å². The van der Waals surface area contributed by atoms with Crippen LogP contribution in [0.3, 0.4) is 0 Å². The Morgan fingerprint density at radius 2 is 2.00 bits per heavy atom. The van der Waals surface area contributed by atoms with Crippen molar-refractivity contribution in [1.82, 2.24) is 0 Å². The average molecular weight is 282 g/mol. The molecule has 0 heterocycles. The Morgan fingerprint density at radius 1 is 1.29 bits per heavy atom. The highest BCUT2D eigenvalue weighted by molar-refractivity contribution is 5.64. The maximum Gasteiger partial charge on any atom is 0.292 e. The molecule has 2 aromatic carbocycles. The van der Waals surface area contributed by atoms with E-state index >= 15 is 0 Å². The Hall–Kier alpha value is -2.91. The summed E-state index contributed by atoms with van der Waals surface area (Å²) in [5, 5.41) is 22.8. The van der Waals surface area contributed by atoms with Crippen molar-refractivity contribution in [2.45, 2.75) is 6.04 Å². The lowest BCUT2D eigenvalue weighted by molar-refractivity contribution is -0.384. The van der Waals surface area contributed by atoms with E-state index in [2.05, 4.69) is 5.32 Å². The van der Waals surface area contributed by atoms with Gasteiger partial charge in [0.05, 0.1) is 16.6 Å². The lowest BCUT2D eigenvalue weighted by atomic mass is 10.1. The molecular formula is C15H14N4O2. The van der Waals surface area contributed by atoms with Crippen molar-refractivity contribution in [3.8, 4) is 6.07 Å². The summed E-state index contributed by atoms with van der Waals surface area (Å²) in [5.41, 5.74) is 7.56. The molecule has 0 fully saturated rings.